The largest absolute Gasteiger partial charge is 0.343 e. The van der Waals surface area contributed by atoms with Crippen LogP contribution in [0.2, 0.25) is 0 Å². The average molecular weight is 291 g/mol. The molecule has 21 heavy (non-hydrogen) atoms. The molecule has 1 heterocycles. The molecule has 3 rings (SSSR count). The van der Waals surface area contributed by atoms with E-state index in [9.17, 15) is 14.0 Å². The number of nitrogens with two attached hydrogens (primary N) is 2. The molecular weight excluding hydrogens is 277 g/mol. The molecular formula is C13H14FN5O2. The normalized spacial score (nSPS) is 14.2. The molecule has 1 amide bonds. The van der Waals surface area contributed by atoms with Crippen molar-refractivity contribution in [1.82, 2.24) is 9.99 Å². The van der Waals surface area contributed by atoms with Crippen molar-refractivity contribution in [3.63, 3.8) is 0 Å². The van der Waals surface area contributed by atoms with Gasteiger partial charge >= 0.3 is 0 Å². The Bertz CT molecular complexity index is 797. The molecule has 6 N–H and O–H groups in total. The Hall–Kier alpha value is -2.45. The van der Waals surface area contributed by atoms with Gasteiger partial charge < -0.3 is 9.99 Å². The van der Waals surface area contributed by atoms with Crippen LogP contribution in [0.15, 0.2) is 23.1 Å². The van der Waals surface area contributed by atoms with Crippen LogP contribution in [0.5, 0.6) is 0 Å². The number of aromatic nitrogens is 1. The van der Waals surface area contributed by atoms with Crippen molar-refractivity contribution in [2.24, 2.45) is 11.7 Å². The van der Waals surface area contributed by atoms with Crippen LogP contribution in [0.4, 0.5) is 10.1 Å². The maximum atomic E-state index is 13.8. The fourth-order valence-electron chi connectivity index (χ4n) is 2.37. The number of halogens is 1. The average Bonchev–Trinajstić information content (AvgIpc) is 3.31. The zero-order chi connectivity index (χ0) is 15.1. The highest BCUT2D eigenvalue weighted by Gasteiger charge is 2.27. The number of nitrogens with zero attached hydrogens (tertiary/aromatic N) is 1. The maximum absolute atomic E-state index is 13.8. The number of carbonyl (C=O) groups excluding carboxylic acids is 1. The minimum Gasteiger partial charge on any atom is -0.343 e. The standard InChI is InChI=1S/C13H14FN5O2/c14-9-3-7-11(4-10(9)17-15)19(6-1-2-6)5-8(12(7)20)13(21)18-16/h3-6,17H,1-2,15-16H2,(H,18,21). The topological polar surface area (TPSA) is 115 Å². The summed E-state index contributed by atoms with van der Waals surface area (Å²) in [5.41, 5.74) is 4.14. The SMILES string of the molecule is NNC(=O)c1cn(C2CC2)c2cc(NN)c(F)cc2c1=O. The zero-order valence-corrected chi connectivity index (χ0v) is 11.0. The van der Waals surface area contributed by atoms with Gasteiger partial charge in [0.2, 0.25) is 5.43 Å². The highest BCUT2D eigenvalue weighted by molar-refractivity contribution is 5.97. The Balaban J connectivity index is 2.37. The molecule has 0 spiro atoms. The van der Waals surface area contributed by atoms with E-state index in [1.54, 1.807) is 4.57 Å². The lowest BCUT2D eigenvalue weighted by Crippen LogP contribution is -2.34. The van der Waals surface area contributed by atoms with Gasteiger partial charge in [-0.2, -0.15) is 0 Å². The molecule has 0 saturated heterocycles. The molecule has 1 aromatic carbocycles. The number of anilines is 1. The van der Waals surface area contributed by atoms with Gasteiger partial charge in [0.05, 0.1) is 11.2 Å². The minimum atomic E-state index is -0.697. The van der Waals surface area contributed by atoms with E-state index in [-0.39, 0.29) is 22.7 Å². The first kappa shape index (κ1) is 13.5. The Kier molecular flexibility index (Phi) is 3.11. The van der Waals surface area contributed by atoms with Crippen molar-refractivity contribution < 1.29 is 9.18 Å². The van der Waals surface area contributed by atoms with Crippen LogP contribution in [-0.2, 0) is 0 Å². The van der Waals surface area contributed by atoms with Crippen molar-refractivity contribution in [1.29, 1.82) is 0 Å². The van der Waals surface area contributed by atoms with E-state index in [1.165, 1.54) is 12.3 Å². The van der Waals surface area contributed by atoms with E-state index >= 15 is 0 Å². The van der Waals surface area contributed by atoms with Crippen molar-refractivity contribution in [3.05, 3.63) is 39.9 Å². The summed E-state index contributed by atoms with van der Waals surface area (Å²) in [7, 11) is 0. The van der Waals surface area contributed by atoms with Gasteiger partial charge in [0, 0.05) is 17.6 Å². The molecule has 1 aliphatic carbocycles. The monoisotopic (exact) mass is 291 g/mol. The van der Waals surface area contributed by atoms with E-state index in [4.69, 9.17) is 11.7 Å². The van der Waals surface area contributed by atoms with Crippen molar-refractivity contribution >= 4 is 22.5 Å². The van der Waals surface area contributed by atoms with Gasteiger partial charge in [-0.1, -0.05) is 0 Å². The number of carbonyl (C=O) groups is 1. The summed E-state index contributed by atoms with van der Waals surface area (Å²) >= 11 is 0. The Morgan fingerprint density at radius 3 is 2.62 bits per heavy atom. The molecule has 0 atom stereocenters. The molecule has 2 aromatic rings. The number of hydrogen-bond acceptors (Lipinski definition) is 5. The van der Waals surface area contributed by atoms with Crippen LogP contribution in [0.25, 0.3) is 10.9 Å². The molecule has 0 aliphatic heterocycles. The lowest BCUT2D eigenvalue weighted by Gasteiger charge is -2.14. The summed E-state index contributed by atoms with van der Waals surface area (Å²) in [6.07, 6.45) is 3.33. The highest BCUT2D eigenvalue weighted by atomic mass is 19.1. The number of rotatable bonds is 3. The molecule has 1 saturated carbocycles. The molecule has 1 aromatic heterocycles. The van der Waals surface area contributed by atoms with E-state index in [0.29, 0.717) is 5.52 Å². The second kappa shape index (κ2) is 4.83. The Morgan fingerprint density at radius 1 is 1.33 bits per heavy atom. The fraction of sp³-hybridized carbons (Fsp3) is 0.231. The van der Waals surface area contributed by atoms with Crippen molar-refractivity contribution in [2.75, 3.05) is 5.43 Å². The van der Waals surface area contributed by atoms with Crippen molar-refractivity contribution in [3.8, 4) is 0 Å². The number of pyridine rings is 1. The first-order chi connectivity index (χ1) is 10.1. The molecule has 8 heteroatoms. The molecule has 0 bridgehead atoms. The predicted molar refractivity (Wildman–Crippen MR) is 75.9 cm³/mol. The number of benzene rings is 1. The minimum absolute atomic E-state index is 0.0901. The van der Waals surface area contributed by atoms with Crippen LogP contribution >= 0.6 is 0 Å². The van der Waals surface area contributed by atoms with E-state index in [2.05, 4.69) is 5.43 Å². The van der Waals surface area contributed by atoms with Gasteiger partial charge in [-0.3, -0.25) is 20.9 Å². The van der Waals surface area contributed by atoms with Crippen molar-refractivity contribution in [2.45, 2.75) is 18.9 Å². The first-order valence-corrected chi connectivity index (χ1v) is 6.42. The quantitative estimate of drug-likeness (QED) is 0.370. The summed E-state index contributed by atoms with van der Waals surface area (Å²) in [5, 5.41) is 0.125. The Labute approximate surface area is 118 Å². The van der Waals surface area contributed by atoms with Gasteiger partial charge in [-0.15, -0.1) is 0 Å². The van der Waals surface area contributed by atoms with Gasteiger partial charge in [0.15, 0.2) is 0 Å². The third-order valence-electron chi connectivity index (χ3n) is 3.59. The molecule has 0 radical (unpaired) electrons. The number of fused-ring (bicyclic) bond motifs is 1. The number of amides is 1. The second-order valence-electron chi connectivity index (χ2n) is 4.98. The van der Waals surface area contributed by atoms with Gasteiger partial charge in [-0.25, -0.2) is 10.2 Å². The van der Waals surface area contributed by atoms with E-state index in [1.807, 2.05) is 5.43 Å². The molecule has 0 unspecified atom stereocenters. The Morgan fingerprint density at radius 2 is 2.05 bits per heavy atom. The molecule has 1 aliphatic rings. The summed E-state index contributed by atoms with van der Waals surface area (Å²) in [6, 6.07) is 2.74. The zero-order valence-electron chi connectivity index (χ0n) is 11.0. The smallest absolute Gasteiger partial charge is 0.270 e. The van der Waals surface area contributed by atoms with Crippen LogP contribution in [0, 0.1) is 5.82 Å². The fourth-order valence-corrected chi connectivity index (χ4v) is 2.37. The van der Waals surface area contributed by atoms with Crippen LogP contribution in [0.1, 0.15) is 29.2 Å². The van der Waals surface area contributed by atoms with Crippen LogP contribution in [-0.4, -0.2) is 10.5 Å². The number of hydrogen-bond donors (Lipinski definition) is 4. The maximum Gasteiger partial charge on any atom is 0.270 e. The van der Waals surface area contributed by atoms with Crippen LogP contribution < -0.4 is 28.0 Å². The summed E-state index contributed by atoms with van der Waals surface area (Å²) in [6.45, 7) is 0. The van der Waals surface area contributed by atoms with Gasteiger partial charge in [0.25, 0.3) is 5.91 Å². The lowest BCUT2D eigenvalue weighted by molar-refractivity contribution is 0.0952. The first-order valence-electron chi connectivity index (χ1n) is 6.42. The molecule has 110 valence electrons. The third-order valence-corrected chi connectivity index (χ3v) is 3.59. The molecule has 1 fully saturated rings. The third kappa shape index (κ3) is 2.14. The second-order valence-corrected chi connectivity index (χ2v) is 4.98. The predicted octanol–water partition coefficient (Wildman–Crippen LogP) is 0.365. The van der Waals surface area contributed by atoms with Crippen LogP contribution in [0.3, 0.4) is 0 Å². The van der Waals surface area contributed by atoms with E-state index < -0.39 is 17.2 Å². The summed E-state index contributed by atoms with van der Waals surface area (Å²) in [5.74, 6) is 9.00. The number of nitrogen functional groups attached to an aromatic ring is 2. The van der Waals surface area contributed by atoms with Gasteiger partial charge in [-0.05, 0) is 25.0 Å². The summed E-state index contributed by atoms with van der Waals surface area (Å²) in [4.78, 5) is 24.0. The van der Waals surface area contributed by atoms with E-state index in [0.717, 1.165) is 18.9 Å². The van der Waals surface area contributed by atoms with Gasteiger partial charge in [0.1, 0.15) is 11.4 Å². The molecule has 7 nitrogen and oxygen atoms in total. The highest BCUT2D eigenvalue weighted by Crippen LogP contribution is 2.37. The summed E-state index contributed by atoms with van der Waals surface area (Å²) < 4.78 is 15.6. The lowest BCUT2D eigenvalue weighted by atomic mass is 10.1. The number of hydrazine groups is 2. The number of nitrogens with one attached hydrogen (secondary N) is 2.